The molecule has 0 unspecified atom stereocenters. The fourth-order valence-electron chi connectivity index (χ4n) is 2.24. The van der Waals surface area contributed by atoms with Crippen molar-refractivity contribution in [3.8, 4) is 5.75 Å². The van der Waals surface area contributed by atoms with Crippen LogP contribution in [0.3, 0.4) is 0 Å². The topological polar surface area (TPSA) is 38.3 Å². The first-order valence-electron chi connectivity index (χ1n) is 7.72. The van der Waals surface area contributed by atoms with E-state index in [1.165, 1.54) is 29.1 Å². The van der Waals surface area contributed by atoms with Gasteiger partial charge in [-0.05, 0) is 47.8 Å². The van der Waals surface area contributed by atoms with Crippen LogP contribution in [-0.2, 0) is 5.75 Å². The van der Waals surface area contributed by atoms with Crippen LogP contribution in [-0.4, -0.2) is 12.5 Å². The van der Waals surface area contributed by atoms with Crippen molar-refractivity contribution in [3.63, 3.8) is 0 Å². The summed E-state index contributed by atoms with van der Waals surface area (Å²) in [5, 5.41) is 4.80. The summed E-state index contributed by atoms with van der Waals surface area (Å²) in [7, 11) is 0. The zero-order chi connectivity index (χ0) is 18.4. The Labute approximate surface area is 158 Å². The molecule has 0 bridgehead atoms. The zero-order valence-corrected chi connectivity index (χ0v) is 15.2. The van der Waals surface area contributed by atoms with Gasteiger partial charge in [0.1, 0.15) is 5.75 Å². The number of thiophene rings is 1. The van der Waals surface area contributed by atoms with Crippen LogP contribution in [0.4, 0.5) is 14.5 Å². The fraction of sp³-hybridized carbons (Fsp3) is 0.105. The summed E-state index contributed by atoms with van der Waals surface area (Å²) < 4.78 is 28.7. The Bertz CT molecular complexity index is 852. The minimum absolute atomic E-state index is 0.0462. The van der Waals surface area contributed by atoms with E-state index in [4.69, 9.17) is 0 Å². The molecule has 0 saturated heterocycles. The van der Waals surface area contributed by atoms with Gasteiger partial charge in [0, 0.05) is 21.2 Å². The highest BCUT2D eigenvalue weighted by Gasteiger charge is 2.12. The predicted molar refractivity (Wildman–Crippen MR) is 101 cm³/mol. The van der Waals surface area contributed by atoms with Crippen molar-refractivity contribution in [2.45, 2.75) is 17.3 Å². The van der Waals surface area contributed by atoms with E-state index < -0.39 is 6.61 Å². The normalized spacial score (nSPS) is 10.7. The van der Waals surface area contributed by atoms with Crippen LogP contribution in [0.1, 0.15) is 15.2 Å². The first-order valence-corrected chi connectivity index (χ1v) is 9.59. The highest BCUT2D eigenvalue weighted by atomic mass is 32.2. The van der Waals surface area contributed by atoms with Crippen molar-refractivity contribution in [2.24, 2.45) is 0 Å². The molecule has 134 valence electrons. The van der Waals surface area contributed by atoms with Crippen LogP contribution >= 0.6 is 23.1 Å². The quantitative estimate of drug-likeness (QED) is 0.510. The number of hydrogen-bond donors (Lipinski definition) is 1. The number of rotatable bonds is 7. The number of thioether (sulfide) groups is 1. The summed E-state index contributed by atoms with van der Waals surface area (Å²) in [6.45, 7) is -2.87. The van der Waals surface area contributed by atoms with E-state index in [1.54, 1.807) is 29.2 Å². The molecule has 0 aliphatic rings. The van der Waals surface area contributed by atoms with Crippen LogP contribution < -0.4 is 10.1 Å². The third kappa shape index (κ3) is 5.06. The van der Waals surface area contributed by atoms with E-state index in [2.05, 4.69) is 16.1 Å². The van der Waals surface area contributed by atoms with Gasteiger partial charge in [0.2, 0.25) is 0 Å². The number of amides is 1. The Morgan fingerprint density at radius 3 is 2.54 bits per heavy atom. The molecule has 0 spiro atoms. The molecule has 0 fully saturated rings. The highest BCUT2D eigenvalue weighted by Crippen LogP contribution is 2.28. The molecule has 2 aromatic carbocycles. The van der Waals surface area contributed by atoms with E-state index in [9.17, 15) is 13.6 Å². The molecular weight excluding hydrogens is 376 g/mol. The maximum absolute atomic E-state index is 12.6. The molecular formula is C19H15F2NO2S2. The lowest BCUT2D eigenvalue weighted by atomic mass is 10.2. The fourth-order valence-corrected chi connectivity index (χ4v) is 4.06. The Hall–Kier alpha value is -2.38. The third-order valence-electron chi connectivity index (χ3n) is 3.42. The van der Waals surface area contributed by atoms with Gasteiger partial charge >= 0.3 is 6.61 Å². The SMILES string of the molecule is O=C(Nc1ccc(OC(F)F)cc1)c1ccccc1SCc1cccs1. The summed E-state index contributed by atoms with van der Waals surface area (Å²) in [6, 6.07) is 17.3. The number of carbonyl (C=O) groups excluding carboxylic acids is 1. The van der Waals surface area contributed by atoms with Crippen molar-refractivity contribution in [3.05, 3.63) is 76.5 Å². The molecule has 0 aliphatic carbocycles. The number of halogens is 2. The van der Waals surface area contributed by atoms with E-state index in [0.29, 0.717) is 11.3 Å². The lowest BCUT2D eigenvalue weighted by molar-refractivity contribution is -0.0498. The van der Waals surface area contributed by atoms with Crippen LogP contribution in [0.25, 0.3) is 0 Å². The van der Waals surface area contributed by atoms with Crippen molar-refractivity contribution >= 4 is 34.7 Å². The van der Waals surface area contributed by atoms with E-state index in [0.717, 1.165) is 10.6 Å². The Balaban J connectivity index is 1.67. The largest absolute Gasteiger partial charge is 0.435 e. The number of nitrogens with one attached hydrogen (secondary N) is 1. The van der Waals surface area contributed by atoms with Gasteiger partial charge in [0.25, 0.3) is 5.91 Å². The minimum atomic E-state index is -2.87. The second-order valence-corrected chi connectivity index (χ2v) is 7.27. The summed E-state index contributed by atoms with van der Waals surface area (Å²) in [6.07, 6.45) is 0. The maximum atomic E-state index is 12.6. The molecule has 0 atom stereocenters. The molecule has 3 aromatic rings. The molecule has 1 amide bonds. The summed E-state index contributed by atoms with van der Waals surface area (Å²) in [4.78, 5) is 14.7. The molecule has 1 heterocycles. The van der Waals surface area contributed by atoms with Gasteiger partial charge in [0.15, 0.2) is 0 Å². The minimum Gasteiger partial charge on any atom is -0.435 e. The molecule has 7 heteroatoms. The Morgan fingerprint density at radius 2 is 1.85 bits per heavy atom. The standard InChI is InChI=1S/C19H15F2NO2S2/c20-19(21)24-14-9-7-13(8-10-14)22-18(23)16-5-1-2-6-17(16)26-12-15-4-3-11-25-15/h1-11,19H,12H2,(H,22,23). The lowest BCUT2D eigenvalue weighted by Gasteiger charge is -2.10. The van der Waals surface area contributed by atoms with Crippen LogP contribution in [0.15, 0.2) is 70.9 Å². The van der Waals surface area contributed by atoms with Crippen molar-refractivity contribution in [1.82, 2.24) is 0 Å². The van der Waals surface area contributed by atoms with Gasteiger partial charge in [-0.25, -0.2) is 0 Å². The molecule has 3 nitrogen and oxygen atoms in total. The van der Waals surface area contributed by atoms with Crippen molar-refractivity contribution in [2.75, 3.05) is 5.32 Å². The molecule has 0 saturated carbocycles. The average Bonchev–Trinajstić information content (AvgIpc) is 3.15. The number of carbonyl (C=O) groups is 1. The highest BCUT2D eigenvalue weighted by molar-refractivity contribution is 7.98. The number of benzene rings is 2. The maximum Gasteiger partial charge on any atom is 0.387 e. The van der Waals surface area contributed by atoms with Gasteiger partial charge in [-0.1, -0.05) is 18.2 Å². The van der Waals surface area contributed by atoms with Gasteiger partial charge in [-0.15, -0.1) is 23.1 Å². The second-order valence-electron chi connectivity index (χ2n) is 5.22. The van der Waals surface area contributed by atoms with E-state index >= 15 is 0 Å². The van der Waals surface area contributed by atoms with Gasteiger partial charge in [-0.3, -0.25) is 4.79 Å². The van der Waals surface area contributed by atoms with Crippen LogP contribution in [0.2, 0.25) is 0 Å². The first kappa shape index (κ1) is 18.4. The number of hydrogen-bond acceptors (Lipinski definition) is 4. The second kappa shape index (κ2) is 8.82. The monoisotopic (exact) mass is 391 g/mol. The number of anilines is 1. The Kier molecular flexibility index (Phi) is 6.25. The number of alkyl halides is 2. The predicted octanol–water partition coefficient (Wildman–Crippen LogP) is 5.89. The molecule has 3 rings (SSSR count). The van der Waals surface area contributed by atoms with E-state index in [1.807, 2.05) is 29.6 Å². The van der Waals surface area contributed by atoms with E-state index in [-0.39, 0.29) is 11.7 Å². The summed E-state index contributed by atoms with van der Waals surface area (Å²) >= 11 is 3.28. The van der Waals surface area contributed by atoms with Crippen molar-refractivity contribution in [1.29, 1.82) is 0 Å². The van der Waals surface area contributed by atoms with Gasteiger partial charge in [-0.2, -0.15) is 8.78 Å². The molecule has 1 N–H and O–H groups in total. The van der Waals surface area contributed by atoms with Gasteiger partial charge in [0.05, 0.1) is 5.56 Å². The molecule has 26 heavy (non-hydrogen) atoms. The zero-order valence-electron chi connectivity index (χ0n) is 13.5. The average molecular weight is 391 g/mol. The number of ether oxygens (including phenoxy) is 1. The third-order valence-corrected chi connectivity index (χ3v) is 5.60. The molecule has 1 aromatic heterocycles. The Morgan fingerprint density at radius 1 is 1.08 bits per heavy atom. The van der Waals surface area contributed by atoms with Gasteiger partial charge < -0.3 is 10.1 Å². The smallest absolute Gasteiger partial charge is 0.387 e. The first-order chi connectivity index (χ1) is 12.6. The molecule has 0 aliphatic heterocycles. The summed E-state index contributed by atoms with van der Waals surface area (Å²) in [5.74, 6) is 0.591. The lowest BCUT2D eigenvalue weighted by Crippen LogP contribution is -2.13. The van der Waals surface area contributed by atoms with Crippen molar-refractivity contribution < 1.29 is 18.3 Å². The van der Waals surface area contributed by atoms with Crippen LogP contribution in [0, 0.1) is 0 Å². The van der Waals surface area contributed by atoms with Crippen LogP contribution in [0.5, 0.6) is 5.75 Å². The summed E-state index contributed by atoms with van der Waals surface area (Å²) in [5.41, 5.74) is 1.08. The molecule has 0 radical (unpaired) electrons.